The number of halogens is 2. The Balaban J connectivity index is 2.34. The molecule has 0 saturated carbocycles. The third kappa shape index (κ3) is 3.43. The van der Waals surface area contributed by atoms with Gasteiger partial charge in [0.25, 0.3) is 0 Å². The summed E-state index contributed by atoms with van der Waals surface area (Å²) in [4.78, 5) is 4.33. The number of anilines is 3. The average molecular weight is 328 g/mol. The lowest BCUT2D eigenvalue weighted by atomic mass is 10.2. The first-order valence-corrected chi connectivity index (χ1v) is 6.87. The smallest absolute Gasteiger partial charge is 0.162 e. The van der Waals surface area contributed by atoms with E-state index in [0.29, 0.717) is 33.2 Å². The summed E-state index contributed by atoms with van der Waals surface area (Å²) in [7, 11) is 4.90. The van der Waals surface area contributed by atoms with Crippen molar-refractivity contribution in [2.24, 2.45) is 0 Å². The van der Waals surface area contributed by atoms with Crippen molar-refractivity contribution in [1.82, 2.24) is 4.98 Å². The number of aromatic nitrogens is 1. The molecule has 2 rings (SSSR count). The van der Waals surface area contributed by atoms with Crippen LogP contribution < -0.4 is 20.1 Å². The van der Waals surface area contributed by atoms with E-state index in [1.54, 1.807) is 39.5 Å². The quantitative estimate of drug-likeness (QED) is 0.862. The van der Waals surface area contributed by atoms with Gasteiger partial charge in [0.1, 0.15) is 5.82 Å². The monoisotopic (exact) mass is 327 g/mol. The zero-order valence-electron chi connectivity index (χ0n) is 11.8. The minimum atomic E-state index is 0.425. The Bertz CT molecular complexity index is 650. The van der Waals surface area contributed by atoms with Crippen molar-refractivity contribution in [3.8, 4) is 11.5 Å². The first-order chi connectivity index (χ1) is 10.1. The number of methoxy groups -OCH3 is 2. The van der Waals surface area contributed by atoms with Crippen molar-refractivity contribution in [2.45, 2.75) is 0 Å². The Labute approximate surface area is 133 Å². The summed E-state index contributed by atoms with van der Waals surface area (Å²) in [5.41, 5.74) is 0.770. The molecule has 1 heterocycles. The van der Waals surface area contributed by atoms with Crippen LogP contribution in [0.5, 0.6) is 11.5 Å². The third-order valence-corrected chi connectivity index (χ3v) is 3.39. The van der Waals surface area contributed by atoms with Crippen LogP contribution in [0.2, 0.25) is 10.0 Å². The zero-order valence-corrected chi connectivity index (χ0v) is 13.3. The first kappa shape index (κ1) is 15.5. The lowest BCUT2D eigenvalue weighted by Crippen LogP contribution is -2.00. The van der Waals surface area contributed by atoms with Gasteiger partial charge in [-0.15, -0.1) is 0 Å². The highest BCUT2D eigenvalue weighted by atomic mass is 35.5. The summed E-state index contributed by atoms with van der Waals surface area (Å²) in [6, 6.07) is 7.06. The topological polar surface area (TPSA) is 55.4 Å². The van der Waals surface area contributed by atoms with Crippen molar-refractivity contribution >= 4 is 40.5 Å². The van der Waals surface area contributed by atoms with E-state index >= 15 is 0 Å². The van der Waals surface area contributed by atoms with Gasteiger partial charge in [0.05, 0.1) is 24.3 Å². The van der Waals surface area contributed by atoms with Gasteiger partial charge in [-0.3, -0.25) is 0 Å². The van der Waals surface area contributed by atoms with Gasteiger partial charge in [-0.05, 0) is 18.2 Å². The predicted octanol–water partition coefficient (Wildman–Crippen LogP) is 4.19. The lowest BCUT2D eigenvalue weighted by Gasteiger charge is -2.13. The van der Waals surface area contributed by atoms with Gasteiger partial charge < -0.3 is 20.1 Å². The number of hydrogen-bond donors (Lipinski definition) is 2. The lowest BCUT2D eigenvalue weighted by molar-refractivity contribution is 0.355. The van der Waals surface area contributed by atoms with Crippen LogP contribution >= 0.6 is 23.2 Å². The van der Waals surface area contributed by atoms with E-state index in [1.807, 2.05) is 6.07 Å². The van der Waals surface area contributed by atoms with E-state index in [0.717, 1.165) is 5.69 Å². The summed E-state index contributed by atoms with van der Waals surface area (Å²) in [5, 5.41) is 6.91. The minimum Gasteiger partial charge on any atom is -0.493 e. The molecule has 2 aromatic rings. The molecule has 1 aromatic carbocycles. The van der Waals surface area contributed by atoms with Crippen LogP contribution in [0.1, 0.15) is 0 Å². The Kier molecular flexibility index (Phi) is 4.98. The molecule has 0 amide bonds. The van der Waals surface area contributed by atoms with Crippen molar-refractivity contribution in [3.63, 3.8) is 0 Å². The van der Waals surface area contributed by atoms with E-state index in [9.17, 15) is 0 Å². The van der Waals surface area contributed by atoms with Crippen LogP contribution in [-0.4, -0.2) is 26.3 Å². The maximum absolute atomic E-state index is 6.15. The molecule has 0 aliphatic carbocycles. The maximum Gasteiger partial charge on any atom is 0.162 e. The summed E-state index contributed by atoms with van der Waals surface area (Å²) < 4.78 is 10.5. The summed E-state index contributed by atoms with van der Waals surface area (Å²) in [6.45, 7) is 0. The molecule has 0 saturated heterocycles. The molecule has 1 aromatic heterocycles. The molecule has 0 radical (unpaired) electrons. The normalized spacial score (nSPS) is 10.1. The standard InChI is InChI=1S/C14H15Cl2N3O2/c1-17-13-9(15)7-10(16)14(19-13)18-8-4-5-11(20-2)12(6-8)21-3/h4-7H,1-3H3,(H2,17,18,19). The fraction of sp³-hybridized carbons (Fsp3) is 0.214. The summed E-state index contributed by atoms with van der Waals surface area (Å²) >= 11 is 12.2. The number of hydrogen-bond acceptors (Lipinski definition) is 5. The van der Waals surface area contributed by atoms with Gasteiger partial charge >= 0.3 is 0 Å². The number of benzene rings is 1. The second-order valence-corrected chi connectivity index (χ2v) is 4.91. The van der Waals surface area contributed by atoms with Crippen LogP contribution in [0.25, 0.3) is 0 Å². The average Bonchev–Trinajstić information content (AvgIpc) is 2.49. The Morgan fingerprint density at radius 3 is 2.24 bits per heavy atom. The Morgan fingerprint density at radius 2 is 1.62 bits per heavy atom. The molecule has 0 bridgehead atoms. The van der Waals surface area contributed by atoms with Crippen LogP contribution in [0.15, 0.2) is 24.3 Å². The van der Waals surface area contributed by atoms with Crippen molar-refractivity contribution < 1.29 is 9.47 Å². The second-order valence-electron chi connectivity index (χ2n) is 4.09. The molecule has 0 spiro atoms. The Morgan fingerprint density at radius 1 is 0.952 bits per heavy atom. The molecule has 0 aliphatic heterocycles. The van der Waals surface area contributed by atoms with Crippen molar-refractivity contribution in [1.29, 1.82) is 0 Å². The van der Waals surface area contributed by atoms with Gasteiger partial charge in [-0.2, -0.15) is 0 Å². The minimum absolute atomic E-state index is 0.425. The van der Waals surface area contributed by atoms with E-state index in [2.05, 4.69) is 15.6 Å². The van der Waals surface area contributed by atoms with E-state index in [-0.39, 0.29) is 0 Å². The van der Waals surface area contributed by atoms with Gasteiger partial charge in [0.2, 0.25) is 0 Å². The van der Waals surface area contributed by atoms with Gasteiger partial charge in [0, 0.05) is 18.8 Å². The number of pyridine rings is 1. The molecular formula is C14H15Cl2N3O2. The molecule has 0 unspecified atom stereocenters. The Hall–Kier alpha value is -1.85. The van der Waals surface area contributed by atoms with E-state index < -0.39 is 0 Å². The number of nitrogens with one attached hydrogen (secondary N) is 2. The van der Waals surface area contributed by atoms with Gasteiger partial charge in [0.15, 0.2) is 17.3 Å². The fourth-order valence-corrected chi connectivity index (χ4v) is 2.28. The highest BCUT2D eigenvalue weighted by Crippen LogP contribution is 2.34. The highest BCUT2D eigenvalue weighted by molar-refractivity contribution is 6.37. The SMILES string of the molecule is CNc1nc(Nc2ccc(OC)c(OC)c2)c(Cl)cc1Cl. The van der Waals surface area contributed by atoms with Crippen LogP contribution in [-0.2, 0) is 0 Å². The first-order valence-electron chi connectivity index (χ1n) is 6.12. The van der Waals surface area contributed by atoms with E-state index in [4.69, 9.17) is 32.7 Å². The van der Waals surface area contributed by atoms with Crippen LogP contribution in [0.4, 0.5) is 17.3 Å². The molecule has 5 nitrogen and oxygen atoms in total. The van der Waals surface area contributed by atoms with Crippen LogP contribution in [0, 0.1) is 0 Å². The molecule has 21 heavy (non-hydrogen) atoms. The maximum atomic E-state index is 6.15. The molecule has 7 heteroatoms. The molecule has 2 N–H and O–H groups in total. The fourth-order valence-electron chi connectivity index (χ4n) is 1.78. The van der Waals surface area contributed by atoms with Crippen LogP contribution in [0.3, 0.4) is 0 Å². The summed E-state index contributed by atoms with van der Waals surface area (Å²) in [5.74, 6) is 2.30. The molecule has 112 valence electrons. The van der Waals surface area contributed by atoms with Crippen molar-refractivity contribution in [2.75, 3.05) is 31.9 Å². The predicted molar refractivity (Wildman–Crippen MR) is 86.6 cm³/mol. The third-order valence-electron chi connectivity index (χ3n) is 2.81. The molecular weight excluding hydrogens is 313 g/mol. The van der Waals surface area contributed by atoms with Gasteiger partial charge in [-0.1, -0.05) is 23.2 Å². The second kappa shape index (κ2) is 6.74. The molecule has 0 fully saturated rings. The molecule has 0 aliphatic rings. The zero-order chi connectivity index (χ0) is 15.4. The number of rotatable bonds is 5. The highest BCUT2D eigenvalue weighted by Gasteiger charge is 2.10. The van der Waals surface area contributed by atoms with Crippen molar-refractivity contribution in [3.05, 3.63) is 34.3 Å². The molecule has 0 atom stereocenters. The van der Waals surface area contributed by atoms with E-state index in [1.165, 1.54) is 0 Å². The number of nitrogens with zero attached hydrogens (tertiary/aromatic N) is 1. The number of ether oxygens (including phenoxy) is 2. The van der Waals surface area contributed by atoms with Gasteiger partial charge in [-0.25, -0.2) is 4.98 Å². The summed E-state index contributed by atoms with van der Waals surface area (Å²) in [6.07, 6.45) is 0. The largest absolute Gasteiger partial charge is 0.493 e.